The van der Waals surface area contributed by atoms with E-state index in [1.165, 1.54) is 4.90 Å². The molecule has 3 aromatic rings. The van der Waals surface area contributed by atoms with Gasteiger partial charge in [0.25, 0.3) is 0 Å². The van der Waals surface area contributed by atoms with Gasteiger partial charge in [-0.15, -0.1) is 0 Å². The number of anilines is 1. The first-order valence-corrected chi connectivity index (χ1v) is 14.4. The van der Waals surface area contributed by atoms with Gasteiger partial charge in [-0.2, -0.15) is 18.4 Å². The van der Waals surface area contributed by atoms with Crippen LogP contribution in [0.25, 0.3) is 21.9 Å². The average Bonchev–Trinajstić information content (AvgIpc) is 3.29. The van der Waals surface area contributed by atoms with Crippen molar-refractivity contribution in [3.05, 3.63) is 28.2 Å². The molecule has 2 atom stereocenters. The number of benzene rings is 1. The van der Waals surface area contributed by atoms with Gasteiger partial charge < -0.3 is 24.0 Å². The van der Waals surface area contributed by atoms with E-state index < -0.39 is 39.8 Å². The minimum absolute atomic E-state index is 0.00429. The van der Waals surface area contributed by atoms with Crippen LogP contribution in [-0.4, -0.2) is 81.8 Å². The smallest absolute Gasteiger partial charge is 0.417 e. The van der Waals surface area contributed by atoms with E-state index in [-0.39, 0.29) is 36.0 Å². The molecule has 0 N–H and O–H groups in total. The Labute approximate surface area is 249 Å². The number of amides is 1. The third-order valence-corrected chi connectivity index (χ3v) is 8.67. The second-order valence-electron chi connectivity index (χ2n) is 12.1. The van der Waals surface area contributed by atoms with E-state index in [4.69, 9.17) is 4.74 Å². The topological polar surface area (TPSA) is 90.5 Å². The van der Waals surface area contributed by atoms with Crippen molar-refractivity contribution in [1.29, 1.82) is 5.26 Å². The summed E-state index contributed by atoms with van der Waals surface area (Å²) in [4.78, 5) is 27.6. The molecule has 14 heteroatoms. The lowest BCUT2D eigenvalue weighted by Crippen LogP contribution is -2.57. The number of imidazole rings is 1. The highest BCUT2D eigenvalue weighted by Crippen LogP contribution is 2.44. The second kappa shape index (κ2) is 10.8. The molecule has 4 heterocycles. The van der Waals surface area contributed by atoms with Gasteiger partial charge in [0.05, 0.1) is 34.4 Å². The SMILES string of the molecule is CN(C)C1CN(c2nc3c(F)c(Br)c(C(F)(F)F)cc3c3c2ncn3[C@H]2CCN(C(=O)OC(C)(C)C)C(CC#N)C2)C1. The summed E-state index contributed by atoms with van der Waals surface area (Å²) in [7, 11) is 3.91. The molecule has 0 spiro atoms. The van der Waals surface area contributed by atoms with Crippen LogP contribution in [0.15, 0.2) is 16.9 Å². The maximum Gasteiger partial charge on any atom is 0.417 e. The number of aromatic nitrogens is 3. The van der Waals surface area contributed by atoms with Crippen LogP contribution >= 0.6 is 15.9 Å². The highest BCUT2D eigenvalue weighted by molar-refractivity contribution is 9.10. The molecule has 226 valence electrons. The van der Waals surface area contributed by atoms with Gasteiger partial charge >= 0.3 is 12.3 Å². The molecule has 0 aliphatic carbocycles. The monoisotopic (exact) mass is 653 g/mol. The summed E-state index contributed by atoms with van der Waals surface area (Å²) < 4.78 is 64.2. The number of ether oxygens (including phenoxy) is 1. The van der Waals surface area contributed by atoms with Gasteiger partial charge in [0, 0.05) is 43.1 Å². The fraction of sp³-hybridized carbons (Fsp3) is 0.571. The number of alkyl halides is 3. The quantitative estimate of drug-likeness (QED) is 0.314. The Bertz CT molecular complexity index is 1570. The molecular formula is C28H32BrF4N7O2. The van der Waals surface area contributed by atoms with E-state index >= 15 is 4.39 Å². The van der Waals surface area contributed by atoms with Crippen LogP contribution in [0.4, 0.5) is 28.2 Å². The molecule has 2 fully saturated rings. The summed E-state index contributed by atoms with van der Waals surface area (Å²) in [6.07, 6.45) is -2.96. The largest absolute Gasteiger partial charge is 0.444 e. The predicted octanol–water partition coefficient (Wildman–Crippen LogP) is 6.11. The molecule has 0 radical (unpaired) electrons. The minimum atomic E-state index is -4.81. The number of likely N-dealkylation sites (tertiary alicyclic amines) is 1. The van der Waals surface area contributed by atoms with E-state index in [1.54, 1.807) is 31.7 Å². The number of nitrogens with zero attached hydrogens (tertiary/aromatic N) is 7. The highest BCUT2D eigenvalue weighted by Gasteiger charge is 2.39. The number of hydrogen-bond donors (Lipinski definition) is 0. The second-order valence-corrected chi connectivity index (χ2v) is 12.9. The number of fused-ring (bicyclic) bond motifs is 3. The maximum atomic E-state index is 15.6. The van der Waals surface area contributed by atoms with Crippen LogP contribution in [0.5, 0.6) is 0 Å². The van der Waals surface area contributed by atoms with Crippen LogP contribution in [-0.2, 0) is 10.9 Å². The van der Waals surface area contributed by atoms with E-state index in [0.29, 0.717) is 42.8 Å². The van der Waals surface area contributed by atoms with Crippen molar-refractivity contribution in [3.63, 3.8) is 0 Å². The van der Waals surface area contributed by atoms with Gasteiger partial charge in [-0.1, -0.05) is 0 Å². The molecule has 2 aliphatic heterocycles. The summed E-state index contributed by atoms with van der Waals surface area (Å²) in [6.45, 7) is 6.77. The van der Waals surface area contributed by atoms with Crippen LogP contribution in [0.1, 0.15) is 51.6 Å². The minimum Gasteiger partial charge on any atom is -0.444 e. The first-order chi connectivity index (χ1) is 19.6. The van der Waals surface area contributed by atoms with Gasteiger partial charge in [-0.25, -0.2) is 19.2 Å². The number of likely N-dealkylation sites (N-methyl/N-ethyl adjacent to an activating group) is 1. The summed E-state index contributed by atoms with van der Waals surface area (Å²) in [6, 6.07) is 2.49. The lowest BCUT2D eigenvalue weighted by atomic mass is 9.95. The molecule has 0 bridgehead atoms. The third kappa shape index (κ3) is 5.48. The zero-order valence-electron chi connectivity index (χ0n) is 24.0. The Kier molecular flexibility index (Phi) is 7.81. The number of piperidine rings is 1. The fourth-order valence-electron chi connectivity index (χ4n) is 5.66. The fourth-order valence-corrected chi connectivity index (χ4v) is 6.18. The van der Waals surface area contributed by atoms with Crippen molar-refractivity contribution in [1.82, 2.24) is 24.3 Å². The summed E-state index contributed by atoms with van der Waals surface area (Å²) in [5.41, 5.74) is -1.33. The molecule has 2 aromatic heterocycles. The summed E-state index contributed by atoms with van der Waals surface area (Å²) in [5, 5.41) is 9.51. The van der Waals surface area contributed by atoms with Crippen molar-refractivity contribution in [2.45, 2.75) is 69.9 Å². The van der Waals surface area contributed by atoms with Crippen molar-refractivity contribution >= 4 is 49.8 Å². The van der Waals surface area contributed by atoms with Crippen LogP contribution < -0.4 is 4.90 Å². The van der Waals surface area contributed by atoms with E-state index in [2.05, 4.69) is 36.9 Å². The summed E-state index contributed by atoms with van der Waals surface area (Å²) >= 11 is 2.82. The molecule has 1 aromatic carbocycles. The first kappa shape index (κ1) is 30.3. The van der Waals surface area contributed by atoms with E-state index in [1.807, 2.05) is 19.0 Å². The number of carbonyl (C=O) groups is 1. The summed E-state index contributed by atoms with van der Waals surface area (Å²) in [5.74, 6) is -0.692. The average molecular weight is 655 g/mol. The number of pyridine rings is 1. The van der Waals surface area contributed by atoms with Gasteiger partial charge in [-0.05, 0) is 69.7 Å². The molecule has 2 aliphatic rings. The van der Waals surface area contributed by atoms with Crippen LogP contribution in [0, 0.1) is 17.1 Å². The molecule has 42 heavy (non-hydrogen) atoms. The number of halogens is 5. The predicted molar refractivity (Wildman–Crippen MR) is 153 cm³/mol. The van der Waals surface area contributed by atoms with E-state index in [0.717, 1.165) is 6.07 Å². The van der Waals surface area contributed by atoms with Crippen molar-refractivity contribution in [2.75, 3.05) is 38.6 Å². The number of nitriles is 1. The molecule has 2 saturated heterocycles. The molecule has 1 unspecified atom stereocenters. The lowest BCUT2D eigenvalue weighted by molar-refractivity contribution is -0.138. The first-order valence-electron chi connectivity index (χ1n) is 13.6. The van der Waals surface area contributed by atoms with Gasteiger partial charge in [0.2, 0.25) is 0 Å². The van der Waals surface area contributed by atoms with Crippen LogP contribution in [0.3, 0.4) is 0 Å². The normalized spacial score (nSPS) is 20.3. The molecule has 9 nitrogen and oxygen atoms in total. The zero-order chi connectivity index (χ0) is 30.7. The molecule has 1 amide bonds. The van der Waals surface area contributed by atoms with Crippen molar-refractivity contribution in [2.24, 2.45) is 0 Å². The third-order valence-electron chi connectivity index (χ3n) is 7.89. The highest BCUT2D eigenvalue weighted by atomic mass is 79.9. The number of rotatable bonds is 4. The van der Waals surface area contributed by atoms with Crippen LogP contribution in [0.2, 0.25) is 0 Å². The van der Waals surface area contributed by atoms with Crippen molar-refractivity contribution in [3.8, 4) is 6.07 Å². The van der Waals surface area contributed by atoms with Gasteiger partial charge in [0.1, 0.15) is 16.6 Å². The van der Waals surface area contributed by atoms with Gasteiger partial charge in [-0.3, -0.25) is 0 Å². The maximum absolute atomic E-state index is 15.6. The number of carbonyl (C=O) groups excluding carboxylic acids is 1. The van der Waals surface area contributed by atoms with Gasteiger partial charge in [0.15, 0.2) is 11.6 Å². The molecule has 5 rings (SSSR count). The van der Waals surface area contributed by atoms with E-state index in [9.17, 15) is 23.2 Å². The zero-order valence-corrected chi connectivity index (χ0v) is 25.6. The standard InChI is InChI=1S/C28H32BrF4N7O2/c1-27(2,3)42-26(41)39-9-7-16(10-15(39)6-8-34)40-14-35-23-24(40)18-11-19(28(31,32)33)20(29)21(30)22(18)36-25(23)38-12-17(13-38)37(4)5/h11,14-17H,6-7,9-10,12-13H2,1-5H3/t15?,16-/m0/s1. The van der Waals surface area contributed by atoms with Crippen molar-refractivity contribution < 1.29 is 27.1 Å². The Morgan fingerprint density at radius 3 is 2.52 bits per heavy atom. The Hall–Kier alpha value is -3.18. The Balaban J connectivity index is 1.63. The molecule has 0 saturated carbocycles. The number of hydrogen-bond acceptors (Lipinski definition) is 7. The Morgan fingerprint density at radius 2 is 1.93 bits per heavy atom. The lowest BCUT2D eigenvalue weighted by Gasteiger charge is -2.43. The Morgan fingerprint density at radius 1 is 1.24 bits per heavy atom. The molecular weight excluding hydrogens is 622 g/mol.